The summed E-state index contributed by atoms with van der Waals surface area (Å²) >= 11 is 6.50. The first-order valence-corrected chi connectivity index (χ1v) is 9.85. The van der Waals surface area contributed by atoms with Crippen molar-refractivity contribution >= 4 is 40.0 Å². The minimum absolute atomic E-state index is 0.0886. The van der Waals surface area contributed by atoms with Crippen molar-refractivity contribution in [2.75, 3.05) is 13.6 Å². The number of H-pyrrole nitrogens is 1. The molecule has 2 N–H and O–H groups in total. The van der Waals surface area contributed by atoms with Gasteiger partial charge in [0.05, 0.1) is 0 Å². The van der Waals surface area contributed by atoms with Crippen molar-refractivity contribution in [3.05, 3.63) is 70.9 Å². The van der Waals surface area contributed by atoms with Crippen LogP contribution in [0.3, 0.4) is 0 Å². The molecule has 0 bridgehead atoms. The van der Waals surface area contributed by atoms with Gasteiger partial charge < -0.3 is 10.3 Å². The largest absolute Gasteiger partial charge is 0.361 e. The number of aromatic nitrogens is 1. The van der Waals surface area contributed by atoms with Crippen molar-refractivity contribution < 1.29 is 9.59 Å². The molecule has 2 heterocycles. The zero-order valence-corrected chi connectivity index (χ0v) is 16.7. The van der Waals surface area contributed by atoms with Gasteiger partial charge in [-0.2, -0.15) is 5.10 Å². The van der Waals surface area contributed by atoms with E-state index in [-0.39, 0.29) is 17.7 Å². The lowest BCUT2D eigenvalue weighted by molar-refractivity contribution is -0.130. The Kier molecular flexibility index (Phi) is 5.36. The van der Waals surface area contributed by atoms with Gasteiger partial charge in [0.1, 0.15) is 5.71 Å². The molecule has 6 nitrogen and oxygen atoms in total. The first-order valence-electron chi connectivity index (χ1n) is 9.47. The Morgan fingerprint density at radius 1 is 1.17 bits per heavy atom. The summed E-state index contributed by atoms with van der Waals surface area (Å²) in [6, 6.07) is 15.7. The number of carbonyl (C=O) groups is 2. The normalized spacial score (nSPS) is 15.3. The van der Waals surface area contributed by atoms with Crippen molar-refractivity contribution in [2.24, 2.45) is 5.10 Å². The number of aromatic amines is 1. The van der Waals surface area contributed by atoms with Crippen LogP contribution in [0.15, 0.2) is 59.8 Å². The lowest BCUT2D eigenvalue weighted by Gasteiger charge is -2.22. The number of benzene rings is 2. The molecule has 29 heavy (non-hydrogen) atoms. The number of hydrazone groups is 1. The van der Waals surface area contributed by atoms with E-state index in [0.717, 1.165) is 22.0 Å². The van der Waals surface area contributed by atoms with E-state index < -0.39 is 0 Å². The molecular formula is C22H21ClN4O2. The number of halogens is 1. The van der Waals surface area contributed by atoms with Gasteiger partial charge in [-0.1, -0.05) is 48.0 Å². The molecule has 4 rings (SSSR count). The van der Waals surface area contributed by atoms with E-state index in [1.54, 1.807) is 7.05 Å². The van der Waals surface area contributed by atoms with E-state index >= 15 is 0 Å². The van der Waals surface area contributed by atoms with Gasteiger partial charge in [-0.15, -0.1) is 0 Å². The van der Waals surface area contributed by atoms with Crippen LogP contribution in [0.2, 0.25) is 5.02 Å². The number of fused-ring (bicyclic) bond motifs is 1. The molecular weight excluding hydrogens is 388 g/mol. The van der Waals surface area contributed by atoms with Crippen LogP contribution in [-0.2, 0) is 9.59 Å². The zero-order valence-electron chi connectivity index (χ0n) is 16.0. The summed E-state index contributed by atoms with van der Waals surface area (Å²) < 4.78 is 0. The highest BCUT2D eigenvalue weighted by Crippen LogP contribution is 2.34. The highest BCUT2D eigenvalue weighted by atomic mass is 35.5. The molecule has 0 fully saturated rings. The van der Waals surface area contributed by atoms with Gasteiger partial charge >= 0.3 is 0 Å². The predicted octanol–water partition coefficient (Wildman–Crippen LogP) is 3.68. The fourth-order valence-corrected chi connectivity index (χ4v) is 3.92. The highest BCUT2D eigenvalue weighted by molar-refractivity contribution is 6.39. The number of hydrogen-bond donors (Lipinski definition) is 2. The first-order chi connectivity index (χ1) is 14.0. The number of nitrogens with one attached hydrogen (secondary N) is 2. The molecule has 7 heteroatoms. The quantitative estimate of drug-likeness (QED) is 0.675. The molecule has 3 aromatic rings. The maximum absolute atomic E-state index is 12.7. The Labute approximate surface area is 173 Å². The molecule has 1 aliphatic heterocycles. The number of amides is 2. The van der Waals surface area contributed by atoms with Crippen molar-refractivity contribution in [3.8, 4) is 0 Å². The monoisotopic (exact) mass is 408 g/mol. The van der Waals surface area contributed by atoms with Crippen LogP contribution in [0.4, 0.5) is 0 Å². The second-order valence-electron chi connectivity index (χ2n) is 7.04. The van der Waals surface area contributed by atoms with E-state index in [4.69, 9.17) is 11.6 Å². The lowest BCUT2D eigenvalue weighted by Crippen LogP contribution is -2.39. The summed E-state index contributed by atoms with van der Waals surface area (Å²) in [6.07, 6.45) is 2.60. The minimum atomic E-state index is -0.263. The third-order valence-corrected chi connectivity index (χ3v) is 5.56. The minimum Gasteiger partial charge on any atom is -0.361 e. The fourth-order valence-electron chi connectivity index (χ4n) is 3.66. The van der Waals surface area contributed by atoms with Crippen LogP contribution in [0, 0.1) is 0 Å². The standard InChI is InChI=1S/C22H21ClN4O2/c1-27-21(28)11-10-20(26-27)22(29)25-13-16(14-6-2-4-8-18(14)23)17-12-24-19-9-5-3-7-15(17)19/h2-9,12,16,24H,10-11,13H2,1H3,(H,25,29)/t16-/m0/s1. The van der Waals surface area contributed by atoms with Crippen LogP contribution in [0.25, 0.3) is 10.9 Å². The average molecular weight is 409 g/mol. The van der Waals surface area contributed by atoms with Crippen LogP contribution < -0.4 is 5.32 Å². The summed E-state index contributed by atoms with van der Waals surface area (Å²) in [5.74, 6) is -0.483. The van der Waals surface area contributed by atoms with Crippen molar-refractivity contribution in [1.29, 1.82) is 0 Å². The Balaban J connectivity index is 1.63. The number of rotatable bonds is 5. The van der Waals surface area contributed by atoms with Gasteiger partial charge in [0, 0.05) is 54.5 Å². The predicted molar refractivity (Wildman–Crippen MR) is 114 cm³/mol. The van der Waals surface area contributed by atoms with Gasteiger partial charge in [0.15, 0.2) is 0 Å². The molecule has 2 amide bonds. The maximum Gasteiger partial charge on any atom is 0.267 e. The molecule has 0 aliphatic carbocycles. The molecule has 2 aromatic carbocycles. The van der Waals surface area contributed by atoms with Gasteiger partial charge in [-0.05, 0) is 23.3 Å². The van der Waals surface area contributed by atoms with E-state index in [1.165, 1.54) is 5.01 Å². The molecule has 0 saturated carbocycles. The van der Waals surface area contributed by atoms with Gasteiger partial charge in [-0.25, -0.2) is 5.01 Å². The lowest BCUT2D eigenvalue weighted by atomic mass is 9.90. The third kappa shape index (κ3) is 3.89. The van der Waals surface area contributed by atoms with Crippen molar-refractivity contribution in [1.82, 2.24) is 15.3 Å². The van der Waals surface area contributed by atoms with Gasteiger partial charge in [0.2, 0.25) is 5.91 Å². The first kappa shape index (κ1) is 19.2. The summed E-state index contributed by atoms with van der Waals surface area (Å²) in [4.78, 5) is 27.6. The highest BCUT2D eigenvalue weighted by Gasteiger charge is 2.25. The summed E-state index contributed by atoms with van der Waals surface area (Å²) in [6.45, 7) is 0.362. The number of carbonyl (C=O) groups excluding carboxylic acids is 2. The number of para-hydroxylation sites is 1. The molecule has 0 spiro atoms. The Bertz CT molecular complexity index is 1100. The molecule has 1 atom stereocenters. The van der Waals surface area contributed by atoms with Gasteiger partial charge in [-0.3, -0.25) is 9.59 Å². The number of nitrogens with zero attached hydrogens (tertiary/aromatic N) is 2. The Hall–Kier alpha value is -3.12. The fraction of sp³-hybridized carbons (Fsp3) is 0.227. The van der Waals surface area contributed by atoms with Crippen molar-refractivity contribution in [3.63, 3.8) is 0 Å². The summed E-state index contributed by atoms with van der Waals surface area (Å²) in [5, 5.41) is 10.1. The molecule has 0 radical (unpaired) electrons. The topological polar surface area (TPSA) is 77.6 Å². The zero-order chi connectivity index (χ0) is 20.4. The Morgan fingerprint density at radius 2 is 1.93 bits per heavy atom. The Morgan fingerprint density at radius 3 is 2.72 bits per heavy atom. The average Bonchev–Trinajstić information content (AvgIpc) is 3.15. The molecule has 1 aliphatic rings. The molecule has 1 aromatic heterocycles. The van der Waals surface area contributed by atoms with Crippen LogP contribution in [-0.4, -0.2) is 41.1 Å². The second-order valence-corrected chi connectivity index (χ2v) is 7.44. The molecule has 148 valence electrons. The maximum atomic E-state index is 12.7. The smallest absolute Gasteiger partial charge is 0.267 e. The van der Waals surface area contributed by atoms with Crippen LogP contribution >= 0.6 is 11.6 Å². The number of hydrogen-bond acceptors (Lipinski definition) is 3. The van der Waals surface area contributed by atoms with Crippen LogP contribution in [0.5, 0.6) is 0 Å². The summed E-state index contributed by atoms with van der Waals surface area (Å²) in [7, 11) is 1.56. The van der Waals surface area contributed by atoms with E-state index in [0.29, 0.717) is 30.1 Å². The van der Waals surface area contributed by atoms with E-state index in [1.807, 2.05) is 48.7 Å². The third-order valence-electron chi connectivity index (χ3n) is 5.21. The molecule has 0 saturated heterocycles. The van der Waals surface area contributed by atoms with E-state index in [2.05, 4.69) is 21.5 Å². The summed E-state index contributed by atoms with van der Waals surface area (Å²) in [5.41, 5.74) is 3.40. The second kappa shape index (κ2) is 8.09. The van der Waals surface area contributed by atoms with Gasteiger partial charge in [0.25, 0.3) is 5.91 Å². The SMILES string of the molecule is CN1N=C(C(=O)NC[C@@H](c2ccccc2Cl)c2c[nH]c3ccccc23)CCC1=O. The molecule has 0 unspecified atom stereocenters. The van der Waals surface area contributed by atoms with Crippen molar-refractivity contribution in [2.45, 2.75) is 18.8 Å². The van der Waals surface area contributed by atoms with E-state index in [9.17, 15) is 9.59 Å². The van der Waals surface area contributed by atoms with Crippen LogP contribution in [0.1, 0.15) is 29.9 Å².